The molecule has 2 atom stereocenters. The van der Waals surface area contributed by atoms with Gasteiger partial charge in [0.25, 0.3) is 0 Å². The summed E-state index contributed by atoms with van der Waals surface area (Å²) in [6.07, 6.45) is 0.425. The molecule has 0 aliphatic carbocycles. The minimum Gasteiger partial charge on any atom is -0.490 e. The van der Waals surface area contributed by atoms with Gasteiger partial charge in [-0.1, -0.05) is 35.3 Å². The lowest BCUT2D eigenvalue weighted by atomic mass is 9.95. The number of benzene rings is 3. The number of aliphatic hydroxyl groups is 1. The number of nitrogens with one attached hydrogen (secondary N) is 3. The van der Waals surface area contributed by atoms with E-state index >= 15 is 0 Å². The molecule has 3 aromatic carbocycles. The molecule has 0 unspecified atom stereocenters. The fourth-order valence-electron chi connectivity index (χ4n) is 4.33. The number of carbonyl (C=O) groups is 2. The van der Waals surface area contributed by atoms with Crippen molar-refractivity contribution in [3.63, 3.8) is 0 Å². The summed E-state index contributed by atoms with van der Waals surface area (Å²) in [6.45, 7) is 3.92. The average molecular weight is 769 g/mol. The lowest BCUT2D eigenvalue weighted by Gasteiger charge is -2.28. The van der Waals surface area contributed by atoms with E-state index in [1.54, 1.807) is 43.5 Å². The number of aliphatic hydroxyl groups excluding tert-OH is 1. The molecule has 0 spiro atoms. The fraction of sp³-hybridized carbons (Fsp3) is 0.258. The van der Waals surface area contributed by atoms with Gasteiger partial charge >= 0.3 is 12.0 Å². The molecule has 0 radical (unpaired) electrons. The number of carbonyl (C=O) groups excluding carboxylic acids is 2. The van der Waals surface area contributed by atoms with Gasteiger partial charge in [0.1, 0.15) is 19.0 Å². The normalized spacial score (nSPS) is 15.3. The van der Waals surface area contributed by atoms with E-state index in [2.05, 4.69) is 43.8 Å². The number of methoxy groups -OCH3 is 1. The third kappa shape index (κ3) is 9.16. The van der Waals surface area contributed by atoms with Crippen molar-refractivity contribution in [2.75, 3.05) is 20.3 Å². The first-order chi connectivity index (χ1) is 21.6. The third-order valence-corrected chi connectivity index (χ3v) is 7.89. The van der Waals surface area contributed by atoms with Gasteiger partial charge in [-0.05, 0) is 90.0 Å². The SMILES string of the molecule is CCOc1cc([C@@H]2NC(=O)NC(C)=C2C(=O)OC)ccc1OC[C@H](O)N/N=C\c1ccc(OCc2ccc(Cl)cc2Cl)c(I)c1. The number of ether oxygens (including phenoxy) is 4. The number of nitrogens with zero attached hydrogens (tertiary/aromatic N) is 1. The van der Waals surface area contributed by atoms with Crippen LogP contribution in [0.25, 0.3) is 0 Å². The number of urea groups is 1. The Labute approximate surface area is 284 Å². The molecular formula is C31H31Cl2IN4O7. The molecule has 238 valence electrons. The van der Waals surface area contributed by atoms with Crippen molar-refractivity contribution in [3.8, 4) is 17.2 Å². The van der Waals surface area contributed by atoms with E-state index in [4.69, 9.17) is 42.1 Å². The Bertz CT molecular complexity index is 1620. The number of hydrazone groups is 1. The van der Waals surface area contributed by atoms with Crippen LogP contribution in [0.1, 0.15) is 36.6 Å². The lowest BCUT2D eigenvalue weighted by Crippen LogP contribution is -2.45. The van der Waals surface area contributed by atoms with E-state index in [9.17, 15) is 14.7 Å². The second kappa shape index (κ2) is 16.0. The Balaban J connectivity index is 1.34. The van der Waals surface area contributed by atoms with Crippen LogP contribution in [0.2, 0.25) is 10.0 Å². The van der Waals surface area contributed by atoms with Crippen molar-refractivity contribution >= 4 is 64.0 Å². The quantitative estimate of drug-likeness (QED) is 0.0572. The minimum absolute atomic E-state index is 0.148. The molecule has 0 aromatic heterocycles. The van der Waals surface area contributed by atoms with Crippen LogP contribution in [0.15, 0.2) is 71.0 Å². The molecule has 4 N–H and O–H groups in total. The van der Waals surface area contributed by atoms with Crippen molar-refractivity contribution in [2.45, 2.75) is 32.7 Å². The Kier molecular flexibility index (Phi) is 12.2. The molecule has 1 heterocycles. The van der Waals surface area contributed by atoms with Crippen LogP contribution in [0.3, 0.4) is 0 Å². The van der Waals surface area contributed by atoms with Gasteiger partial charge in [-0.2, -0.15) is 5.10 Å². The molecule has 2 amide bonds. The molecule has 0 saturated heterocycles. The van der Waals surface area contributed by atoms with Crippen LogP contribution in [-0.4, -0.2) is 49.9 Å². The number of halogens is 3. The second-order valence-corrected chi connectivity index (χ2v) is 11.6. The highest BCUT2D eigenvalue weighted by atomic mass is 127. The summed E-state index contributed by atoms with van der Waals surface area (Å²) in [6, 6.07) is 14.6. The van der Waals surface area contributed by atoms with Gasteiger partial charge in [-0.25, -0.2) is 9.59 Å². The first-order valence-electron chi connectivity index (χ1n) is 13.7. The van der Waals surface area contributed by atoms with Crippen molar-refractivity contribution in [2.24, 2.45) is 5.10 Å². The summed E-state index contributed by atoms with van der Waals surface area (Å²) >= 11 is 14.4. The van der Waals surface area contributed by atoms with Gasteiger partial charge < -0.3 is 34.7 Å². The molecule has 45 heavy (non-hydrogen) atoms. The summed E-state index contributed by atoms with van der Waals surface area (Å²) in [5.74, 6) is 0.842. The molecular weight excluding hydrogens is 738 g/mol. The van der Waals surface area contributed by atoms with Crippen LogP contribution in [0, 0.1) is 3.57 Å². The van der Waals surface area contributed by atoms with Gasteiger partial charge in [-0.3, -0.25) is 5.43 Å². The number of hydrogen-bond acceptors (Lipinski definition) is 9. The van der Waals surface area contributed by atoms with E-state index in [-0.39, 0.29) is 12.2 Å². The Morgan fingerprint density at radius 2 is 1.87 bits per heavy atom. The van der Waals surface area contributed by atoms with E-state index < -0.39 is 24.3 Å². The van der Waals surface area contributed by atoms with Crippen molar-refractivity contribution in [1.82, 2.24) is 16.1 Å². The van der Waals surface area contributed by atoms with E-state index in [1.165, 1.54) is 7.11 Å². The molecule has 0 fully saturated rings. The Hall–Kier alpha value is -3.72. The zero-order chi connectivity index (χ0) is 32.5. The van der Waals surface area contributed by atoms with Gasteiger partial charge in [-0.15, -0.1) is 0 Å². The smallest absolute Gasteiger partial charge is 0.337 e. The van der Waals surface area contributed by atoms with Crippen LogP contribution in [-0.2, 0) is 16.1 Å². The highest BCUT2D eigenvalue weighted by molar-refractivity contribution is 14.1. The van der Waals surface area contributed by atoms with Crippen molar-refractivity contribution in [1.29, 1.82) is 0 Å². The summed E-state index contributed by atoms with van der Waals surface area (Å²) in [5, 5.41) is 21.0. The number of hydrogen-bond donors (Lipinski definition) is 4. The van der Waals surface area contributed by atoms with E-state index in [0.29, 0.717) is 51.8 Å². The Morgan fingerprint density at radius 1 is 1.09 bits per heavy atom. The van der Waals surface area contributed by atoms with Crippen molar-refractivity contribution in [3.05, 3.63) is 96.2 Å². The molecule has 14 heteroatoms. The first kappa shape index (κ1) is 34.2. The summed E-state index contributed by atoms with van der Waals surface area (Å²) < 4.78 is 23.2. The summed E-state index contributed by atoms with van der Waals surface area (Å²) in [7, 11) is 1.27. The summed E-state index contributed by atoms with van der Waals surface area (Å²) in [5.41, 5.74) is 5.48. The highest BCUT2D eigenvalue weighted by Crippen LogP contribution is 2.35. The fourth-order valence-corrected chi connectivity index (χ4v) is 5.49. The Morgan fingerprint density at radius 3 is 2.58 bits per heavy atom. The van der Waals surface area contributed by atoms with Crippen LogP contribution in [0.5, 0.6) is 17.2 Å². The van der Waals surface area contributed by atoms with Gasteiger partial charge in [0, 0.05) is 21.3 Å². The second-order valence-electron chi connectivity index (χ2n) is 9.63. The van der Waals surface area contributed by atoms with E-state index in [0.717, 1.165) is 14.7 Å². The predicted octanol–water partition coefficient (Wildman–Crippen LogP) is 5.70. The number of amides is 2. The molecule has 11 nitrogen and oxygen atoms in total. The predicted molar refractivity (Wildman–Crippen MR) is 179 cm³/mol. The first-order valence-corrected chi connectivity index (χ1v) is 15.5. The lowest BCUT2D eigenvalue weighted by molar-refractivity contribution is -0.136. The number of esters is 1. The van der Waals surface area contributed by atoms with Gasteiger partial charge in [0.05, 0.1) is 35.1 Å². The molecule has 1 aliphatic heterocycles. The summed E-state index contributed by atoms with van der Waals surface area (Å²) in [4.78, 5) is 24.6. The number of rotatable bonds is 13. The third-order valence-electron chi connectivity index (χ3n) is 6.46. The van der Waals surface area contributed by atoms with Crippen molar-refractivity contribution < 1.29 is 33.6 Å². The highest BCUT2D eigenvalue weighted by Gasteiger charge is 2.32. The maximum Gasteiger partial charge on any atom is 0.337 e. The van der Waals surface area contributed by atoms with Gasteiger partial charge in [0.15, 0.2) is 17.7 Å². The van der Waals surface area contributed by atoms with Crippen LogP contribution < -0.4 is 30.3 Å². The maximum absolute atomic E-state index is 12.4. The molecule has 0 bridgehead atoms. The minimum atomic E-state index is -1.14. The van der Waals surface area contributed by atoms with Gasteiger partial charge in [0.2, 0.25) is 0 Å². The van der Waals surface area contributed by atoms with Crippen LogP contribution >= 0.6 is 45.8 Å². The van der Waals surface area contributed by atoms with E-state index in [1.807, 2.05) is 31.2 Å². The molecule has 0 saturated carbocycles. The molecule has 4 rings (SSSR count). The van der Waals surface area contributed by atoms with Crippen LogP contribution in [0.4, 0.5) is 4.79 Å². The zero-order valence-corrected chi connectivity index (χ0v) is 28.2. The molecule has 1 aliphatic rings. The maximum atomic E-state index is 12.4. The standard InChI is InChI=1S/C31H31Cl2IN4O7/c1-4-43-26-12-19(29-28(30(40)42-3)17(2)36-31(41)37-29)7-10-25(26)45-16-27(39)38-35-14-18-5-9-24(23(34)11-18)44-15-20-6-8-21(32)13-22(20)33/h5-14,27,29,38-39H,4,15-16H2,1-3H3,(H2,36,37,41)/b35-14-/t27-,29-/m0/s1. The number of allylic oxidation sites excluding steroid dienone is 1. The average Bonchev–Trinajstić information content (AvgIpc) is 3.00. The zero-order valence-electron chi connectivity index (χ0n) is 24.5. The monoisotopic (exact) mass is 768 g/mol. The molecule has 3 aromatic rings. The topological polar surface area (TPSA) is 140 Å². The largest absolute Gasteiger partial charge is 0.490 e.